The molecule has 1 amide bonds. The second kappa shape index (κ2) is 9.05. The van der Waals surface area contributed by atoms with Gasteiger partial charge in [-0.15, -0.1) is 0 Å². The van der Waals surface area contributed by atoms with Crippen LogP contribution in [0.1, 0.15) is 35.6 Å². The Morgan fingerprint density at radius 1 is 1.24 bits per heavy atom. The first kappa shape index (κ1) is 21.8. The smallest absolute Gasteiger partial charge is 0.245 e. The number of nitrogens with one attached hydrogen (secondary N) is 1. The zero-order valence-electron chi connectivity index (χ0n) is 18.7. The molecule has 0 radical (unpaired) electrons. The monoisotopic (exact) mass is 459 g/mol. The molecule has 0 aliphatic carbocycles. The summed E-state index contributed by atoms with van der Waals surface area (Å²) in [6.07, 6.45) is 5.40. The standard InChI is InChI=1S/C26H26FN5O2/c1-2-24(33)31-13-5-6-17(15-31)21-16-32(25-20(21)14-29-30-26(25)28)18-9-11-19(12-10-18)34-23-8-4-3-7-22(23)27/h2-4,7-12,16-17,29H,1,5-6,13-15H2,(H2,28,30)/t17-/m0/s1. The van der Waals surface area contributed by atoms with Crippen LogP contribution in [0, 0.1) is 5.82 Å². The number of ether oxygens (including phenoxy) is 1. The molecular formula is C26H26FN5O2. The maximum Gasteiger partial charge on any atom is 0.245 e. The third-order valence-electron chi connectivity index (χ3n) is 6.37. The van der Waals surface area contributed by atoms with Gasteiger partial charge in [0.15, 0.2) is 17.4 Å². The molecule has 1 aromatic heterocycles. The Balaban J connectivity index is 1.47. The Labute approximate surface area is 197 Å². The molecule has 2 aliphatic heterocycles. The van der Waals surface area contributed by atoms with Gasteiger partial charge in [0, 0.05) is 36.5 Å². The second-order valence-corrected chi connectivity index (χ2v) is 8.47. The van der Waals surface area contributed by atoms with Crippen LogP contribution in [0.2, 0.25) is 0 Å². The summed E-state index contributed by atoms with van der Waals surface area (Å²) in [6, 6.07) is 13.7. The van der Waals surface area contributed by atoms with Gasteiger partial charge in [-0.05, 0) is 60.9 Å². The molecule has 5 rings (SSSR count). The third-order valence-corrected chi connectivity index (χ3v) is 6.37. The number of hydrogen-bond donors (Lipinski definition) is 2. The van der Waals surface area contributed by atoms with E-state index in [0.29, 0.717) is 24.7 Å². The van der Waals surface area contributed by atoms with Crippen molar-refractivity contribution in [3.63, 3.8) is 0 Å². The molecule has 3 aromatic rings. The minimum Gasteiger partial charge on any atom is -0.454 e. The molecule has 1 atom stereocenters. The van der Waals surface area contributed by atoms with Gasteiger partial charge in [-0.1, -0.05) is 18.7 Å². The number of para-hydroxylation sites is 1. The summed E-state index contributed by atoms with van der Waals surface area (Å²) in [5, 5.41) is 4.23. The summed E-state index contributed by atoms with van der Waals surface area (Å²) in [5.41, 5.74) is 13.3. The van der Waals surface area contributed by atoms with E-state index in [2.05, 4.69) is 23.3 Å². The first-order chi connectivity index (χ1) is 16.5. The predicted molar refractivity (Wildman–Crippen MR) is 129 cm³/mol. The minimum atomic E-state index is -0.413. The van der Waals surface area contributed by atoms with E-state index in [1.165, 1.54) is 12.1 Å². The van der Waals surface area contributed by atoms with E-state index >= 15 is 0 Å². The third kappa shape index (κ3) is 4.03. The lowest BCUT2D eigenvalue weighted by Gasteiger charge is -2.32. The average Bonchev–Trinajstić information content (AvgIpc) is 3.26. The van der Waals surface area contributed by atoms with Crippen LogP contribution in [0.4, 0.5) is 4.39 Å². The highest BCUT2D eigenvalue weighted by Gasteiger charge is 2.30. The van der Waals surface area contributed by atoms with Crippen molar-refractivity contribution in [2.24, 2.45) is 10.8 Å². The van der Waals surface area contributed by atoms with E-state index in [1.807, 2.05) is 21.6 Å². The zero-order chi connectivity index (χ0) is 23.7. The number of hydrogen-bond acceptors (Lipinski definition) is 5. The number of amidine groups is 1. The number of hydrazone groups is 1. The fourth-order valence-electron chi connectivity index (χ4n) is 4.73. The van der Waals surface area contributed by atoms with Gasteiger partial charge in [0.2, 0.25) is 5.91 Å². The lowest BCUT2D eigenvalue weighted by Crippen LogP contribution is -2.38. The highest BCUT2D eigenvalue weighted by molar-refractivity contribution is 5.99. The number of likely N-dealkylation sites (tertiary alicyclic amines) is 1. The number of nitrogens with two attached hydrogens (primary N) is 1. The van der Waals surface area contributed by atoms with Crippen molar-refractivity contribution in [2.75, 3.05) is 13.1 Å². The van der Waals surface area contributed by atoms with Crippen LogP contribution >= 0.6 is 0 Å². The molecule has 1 saturated heterocycles. The van der Waals surface area contributed by atoms with Crippen LogP contribution in [0.5, 0.6) is 11.5 Å². The van der Waals surface area contributed by atoms with Gasteiger partial charge in [-0.3, -0.25) is 4.79 Å². The fraction of sp³-hybridized carbons (Fsp3) is 0.231. The largest absolute Gasteiger partial charge is 0.454 e. The van der Waals surface area contributed by atoms with Crippen molar-refractivity contribution in [3.8, 4) is 17.2 Å². The van der Waals surface area contributed by atoms with Gasteiger partial charge in [-0.25, -0.2) is 4.39 Å². The molecule has 3 heterocycles. The van der Waals surface area contributed by atoms with Crippen molar-refractivity contribution >= 4 is 11.7 Å². The van der Waals surface area contributed by atoms with E-state index in [-0.39, 0.29) is 17.6 Å². The van der Waals surface area contributed by atoms with Crippen molar-refractivity contribution < 1.29 is 13.9 Å². The molecule has 2 aromatic carbocycles. The van der Waals surface area contributed by atoms with Crippen LogP contribution in [0.3, 0.4) is 0 Å². The summed E-state index contributed by atoms with van der Waals surface area (Å²) in [4.78, 5) is 14.1. The number of benzene rings is 2. The molecule has 7 nitrogen and oxygen atoms in total. The van der Waals surface area contributed by atoms with E-state index in [4.69, 9.17) is 10.5 Å². The summed E-state index contributed by atoms with van der Waals surface area (Å²) in [7, 11) is 0. The van der Waals surface area contributed by atoms with Gasteiger partial charge in [0.1, 0.15) is 5.75 Å². The fourth-order valence-corrected chi connectivity index (χ4v) is 4.73. The van der Waals surface area contributed by atoms with Crippen molar-refractivity contribution in [3.05, 3.63) is 90.0 Å². The predicted octanol–water partition coefficient (Wildman–Crippen LogP) is 4.02. The molecule has 0 saturated carbocycles. The van der Waals surface area contributed by atoms with Crippen LogP contribution in [0.15, 0.2) is 72.5 Å². The van der Waals surface area contributed by atoms with E-state index in [9.17, 15) is 9.18 Å². The van der Waals surface area contributed by atoms with Gasteiger partial charge >= 0.3 is 0 Å². The normalized spacial score (nSPS) is 17.4. The molecule has 34 heavy (non-hydrogen) atoms. The average molecular weight is 460 g/mol. The molecule has 2 aliphatic rings. The summed E-state index contributed by atoms with van der Waals surface area (Å²) in [5.74, 6) is 0.864. The lowest BCUT2D eigenvalue weighted by molar-refractivity contribution is -0.127. The zero-order valence-corrected chi connectivity index (χ0v) is 18.7. The molecule has 0 spiro atoms. The highest BCUT2D eigenvalue weighted by Crippen LogP contribution is 2.35. The number of aromatic nitrogens is 1. The molecular weight excluding hydrogens is 433 g/mol. The van der Waals surface area contributed by atoms with Crippen LogP contribution in [-0.2, 0) is 11.3 Å². The van der Waals surface area contributed by atoms with E-state index < -0.39 is 5.82 Å². The number of halogens is 1. The van der Waals surface area contributed by atoms with Crippen LogP contribution in [0.25, 0.3) is 5.69 Å². The van der Waals surface area contributed by atoms with Gasteiger partial charge in [-0.2, -0.15) is 5.10 Å². The van der Waals surface area contributed by atoms with Crippen LogP contribution in [-0.4, -0.2) is 34.3 Å². The van der Waals surface area contributed by atoms with Crippen molar-refractivity contribution in [1.29, 1.82) is 0 Å². The molecule has 1 fully saturated rings. The minimum absolute atomic E-state index is 0.0392. The number of nitrogens with zero attached hydrogens (tertiary/aromatic N) is 3. The number of amides is 1. The number of piperidine rings is 1. The highest BCUT2D eigenvalue weighted by atomic mass is 19.1. The first-order valence-electron chi connectivity index (χ1n) is 11.3. The van der Waals surface area contributed by atoms with E-state index in [1.54, 1.807) is 30.3 Å². The Bertz CT molecular complexity index is 1260. The van der Waals surface area contributed by atoms with Crippen LogP contribution < -0.4 is 15.9 Å². The summed E-state index contributed by atoms with van der Waals surface area (Å²) >= 11 is 0. The maximum atomic E-state index is 13.9. The Morgan fingerprint density at radius 3 is 2.79 bits per heavy atom. The maximum absolute atomic E-state index is 13.9. The number of carbonyl (C=O) groups excluding carboxylic acids is 1. The number of rotatable bonds is 5. The summed E-state index contributed by atoms with van der Waals surface area (Å²) < 4.78 is 21.7. The molecule has 3 N–H and O–H groups in total. The van der Waals surface area contributed by atoms with Gasteiger partial charge in [0.25, 0.3) is 0 Å². The molecule has 8 heteroatoms. The van der Waals surface area contributed by atoms with Crippen molar-refractivity contribution in [2.45, 2.75) is 25.3 Å². The van der Waals surface area contributed by atoms with Gasteiger partial charge in [0.05, 0.1) is 12.2 Å². The molecule has 0 bridgehead atoms. The van der Waals surface area contributed by atoms with Crippen molar-refractivity contribution in [1.82, 2.24) is 14.9 Å². The SMILES string of the molecule is C=CC(=O)N1CCC[C@H](c2cn(-c3ccc(Oc4ccccc4F)cc3)c3c2CNN=C3N)C1. The molecule has 174 valence electrons. The Kier molecular flexibility index (Phi) is 5.79. The topological polar surface area (TPSA) is 84.9 Å². The Hall–Kier alpha value is -4.07. The summed E-state index contributed by atoms with van der Waals surface area (Å²) in [6.45, 7) is 5.59. The lowest BCUT2D eigenvalue weighted by atomic mass is 9.89. The first-order valence-corrected chi connectivity index (χ1v) is 11.3. The second-order valence-electron chi connectivity index (χ2n) is 8.47. The number of carbonyl (C=O) groups is 1. The molecule has 0 unspecified atom stereocenters. The van der Waals surface area contributed by atoms with E-state index in [0.717, 1.165) is 41.9 Å². The number of fused-ring (bicyclic) bond motifs is 1. The Morgan fingerprint density at radius 2 is 2.03 bits per heavy atom. The quantitative estimate of drug-likeness (QED) is 0.565. The van der Waals surface area contributed by atoms with Gasteiger partial charge < -0.3 is 25.4 Å².